The second-order valence-corrected chi connectivity index (χ2v) is 7.66. The van der Waals surface area contributed by atoms with E-state index in [0.29, 0.717) is 22.4 Å². The van der Waals surface area contributed by atoms with Crippen molar-refractivity contribution >= 4 is 46.2 Å². The molecule has 1 saturated heterocycles. The van der Waals surface area contributed by atoms with Crippen LogP contribution in [0.15, 0.2) is 42.5 Å². The highest BCUT2D eigenvalue weighted by Crippen LogP contribution is 2.26. The highest BCUT2D eigenvalue weighted by molar-refractivity contribution is 7.80. The number of nitrogens with zero attached hydrogens (tertiary/aromatic N) is 1. The van der Waals surface area contributed by atoms with Crippen molar-refractivity contribution in [3.05, 3.63) is 53.1 Å². The molecule has 2 N–H and O–H groups in total. The summed E-state index contributed by atoms with van der Waals surface area (Å²) in [6.45, 7) is 3.36. The molecule has 3 rings (SSSR count). The first-order valence-electron chi connectivity index (χ1n) is 9.30. The van der Waals surface area contributed by atoms with Crippen LogP contribution >= 0.6 is 23.8 Å². The number of rotatable bonds is 4. The van der Waals surface area contributed by atoms with Crippen LogP contribution in [0, 0.1) is 0 Å². The number of carbonyl (C=O) groups is 1. The number of benzene rings is 2. The van der Waals surface area contributed by atoms with E-state index in [1.54, 1.807) is 18.2 Å². The van der Waals surface area contributed by atoms with Gasteiger partial charge in [0.1, 0.15) is 5.75 Å². The zero-order valence-electron chi connectivity index (χ0n) is 16.0. The molecule has 0 aromatic heterocycles. The van der Waals surface area contributed by atoms with Gasteiger partial charge in [0.2, 0.25) is 0 Å². The van der Waals surface area contributed by atoms with E-state index in [9.17, 15) is 4.79 Å². The second kappa shape index (κ2) is 9.26. The summed E-state index contributed by atoms with van der Waals surface area (Å²) >= 11 is 11.3. The number of nitrogens with one attached hydrogen (secondary N) is 2. The number of hydrogen-bond donors (Lipinski definition) is 2. The Morgan fingerprint density at radius 2 is 1.96 bits per heavy atom. The van der Waals surface area contributed by atoms with Crippen LogP contribution in [0.2, 0.25) is 5.02 Å². The maximum atomic E-state index is 12.3. The minimum absolute atomic E-state index is 0.232. The van der Waals surface area contributed by atoms with Gasteiger partial charge in [0.25, 0.3) is 5.91 Å². The van der Waals surface area contributed by atoms with Gasteiger partial charge in [0.05, 0.1) is 12.1 Å². The molecule has 1 fully saturated rings. The van der Waals surface area contributed by atoms with E-state index >= 15 is 0 Å². The smallest absolute Gasteiger partial charge is 0.257 e. The van der Waals surface area contributed by atoms with Crippen molar-refractivity contribution in [1.29, 1.82) is 0 Å². The van der Waals surface area contributed by atoms with Crippen molar-refractivity contribution in [2.24, 2.45) is 0 Å². The number of anilines is 2. The van der Waals surface area contributed by atoms with E-state index in [-0.39, 0.29) is 11.0 Å². The fraction of sp³-hybridized carbons (Fsp3) is 0.333. The van der Waals surface area contributed by atoms with Gasteiger partial charge in [0.15, 0.2) is 5.11 Å². The van der Waals surface area contributed by atoms with Crippen molar-refractivity contribution in [2.45, 2.75) is 32.2 Å². The first-order chi connectivity index (χ1) is 13.5. The molecule has 0 bridgehead atoms. The molecule has 1 atom stereocenters. The van der Waals surface area contributed by atoms with Gasteiger partial charge in [-0.05, 0) is 80.9 Å². The van der Waals surface area contributed by atoms with E-state index in [2.05, 4.69) is 34.6 Å². The van der Waals surface area contributed by atoms with Gasteiger partial charge in [-0.2, -0.15) is 0 Å². The zero-order chi connectivity index (χ0) is 20.1. The summed E-state index contributed by atoms with van der Waals surface area (Å²) in [5, 5.41) is 6.31. The number of piperidine rings is 1. The van der Waals surface area contributed by atoms with Crippen LogP contribution in [-0.2, 0) is 0 Å². The number of thiocarbonyl (C=S) groups is 1. The quantitative estimate of drug-likeness (QED) is 0.696. The third-order valence-corrected chi connectivity index (χ3v) is 5.40. The molecule has 1 aliphatic rings. The Morgan fingerprint density at radius 3 is 2.61 bits per heavy atom. The summed E-state index contributed by atoms with van der Waals surface area (Å²) < 4.78 is 5.09. The maximum Gasteiger partial charge on any atom is 0.257 e. The largest absolute Gasteiger partial charge is 0.495 e. The topological polar surface area (TPSA) is 53.6 Å². The third-order valence-electron chi connectivity index (χ3n) is 4.90. The lowest BCUT2D eigenvalue weighted by Crippen LogP contribution is -2.37. The van der Waals surface area contributed by atoms with Crippen molar-refractivity contribution in [2.75, 3.05) is 23.9 Å². The molecular formula is C21H24ClN3O2S. The molecule has 2 aromatic rings. The SMILES string of the molecule is COc1ccc(C(=O)NC(=S)Nc2ccc(N3CCCC[C@H]3C)cc2)cc1Cl. The van der Waals surface area contributed by atoms with Gasteiger partial charge < -0.3 is 15.0 Å². The highest BCUT2D eigenvalue weighted by atomic mass is 35.5. The summed E-state index contributed by atoms with van der Waals surface area (Å²) in [5.41, 5.74) is 2.44. The predicted octanol–water partition coefficient (Wildman–Crippen LogP) is 4.85. The van der Waals surface area contributed by atoms with E-state index in [0.717, 1.165) is 12.2 Å². The van der Waals surface area contributed by atoms with Crippen LogP contribution in [0.1, 0.15) is 36.5 Å². The van der Waals surface area contributed by atoms with Gasteiger partial charge in [0, 0.05) is 29.5 Å². The standard InChI is InChI=1S/C21H24ClN3O2S/c1-14-5-3-4-12-25(14)17-9-7-16(8-10-17)23-21(28)24-20(26)15-6-11-19(27-2)18(22)13-15/h6-11,13-14H,3-5,12H2,1-2H3,(H2,23,24,26,28)/t14-/m1/s1. The van der Waals surface area contributed by atoms with Crippen LogP contribution in [0.3, 0.4) is 0 Å². The molecule has 0 spiro atoms. The first-order valence-corrected chi connectivity index (χ1v) is 10.1. The van der Waals surface area contributed by atoms with Crippen molar-refractivity contribution < 1.29 is 9.53 Å². The Morgan fingerprint density at radius 1 is 1.21 bits per heavy atom. The van der Waals surface area contributed by atoms with Crippen LogP contribution in [0.4, 0.5) is 11.4 Å². The Labute approximate surface area is 176 Å². The average molecular weight is 418 g/mol. The number of amides is 1. The van der Waals surface area contributed by atoms with Gasteiger partial charge in [-0.25, -0.2) is 0 Å². The molecule has 1 aliphatic heterocycles. The fourth-order valence-corrected chi connectivity index (χ4v) is 3.83. The molecule has 1 amide bonds. The van der Waals surface area contributed by atoms with Gasteiger partial charge >= 0.3 is 0 Å². The molecule has 28 heavy (non-hydrogen) atoms. The lowest BCUT2D eigenvalue weighted by molar-refractivity contribution is 0.0977. The van der Waals surface area contributed by atoms with Crippen molar-refractivity contribution in [3.8, 4) is 5.75 Å². The number of methoxy groups -OCH3 is 1. The molecule has 0 radical (unpaired) electrons. The molecule has 0 aliphatic carbocycles. The molecule has 0 saturated carbocycles. The van der Waals surface area contributed by atoms with Crippen LogP contribution in [-0.4, -0.2) is 30.7 Å². The molecule has 2 aromatic carbocycles. The monoisotopic (exact) mass is 417 g/mol. The lowest BCUT2D eigenvalue weighted by Gasteiger charge is -2.35. The number of ether oxygens (including phenoxy) is 1. The molecule has 148 valence electrons. The Balaban J connectivity index is 1.58. The van der Waals surface area contributed by atoms with Crippen LogP contribution in [0.25, 0.3) is 0 Å². The summed E-state index contributed by atoms with van der Waals surface area (Å²) in [5.74, 6) is 0.183. The summed E-state index contributed by atoms with van der Waals surface area (Å²) in [7, 11) is 1.53. The Bertz CT molecular complexity index is 857. The summed E-state index contributed by atoms with van der Waals surface area (Å²) in [6.07, 6.45) is 3.76. The normalized spacial score (nSPS) is 16.4. The third kappa shape index (κ3) is 4.94. The maximum absolute atomic E-state index is 12.3. The van der Waals surface area contributed by atoms with E-state index < -0.39 is 0 Å². The van der Waals surface area contributed by atoms with Crippen LogP contribution in [0.5, 0.6) is 5.75 Å². The highest BCUT2D eigenvalue weighted by Gasteiger charge is 2.18. The molecule has 1 heterocycles. The molecule has 7 heteroatoms. The first kappa shape index (κ1) is 20.4. The number of halogens is 1. The fourth-order valence-electron chi connectivity index (χ4n) is 3.36. The van der Waals surface area contributed by atoms with E-state index in [1.807, 2.05) is 12.1 Å². The summed E-state index contributed by atoms with van der Waals surface area (Å²) in [4.78, 5) is 14.8. The van der Waals surface area contributed by atoms with Crippen molar-refractivity contribution in [3.63, 3.8) is 0 Å². The average Bonchev–Trinajstić information content (AvgIpc) is 2.69. The number of carbonyl (C=O) groups excluding carboxylic acids is 1. The Hall–Kier alpha value is -2.31. The second-order valence-electron chi connectivity index (χ2n) is 6.84. The molecule has 5 nitrogen and oxygen atoms in total. The van der Waals surface area contributed by atoms with Gasteiger partial charge in [-0.3, -0.25) is 10.1 Å². The van der Waals surface area contributed by atoms with Gasteiger partial charge in [-0.1, -0.05) is 11.6 Å². The molecular weight excluding hydrogens is 394 g/mol. The number of hydrogen-bond acceptors (Lipinski definition) is 4. The minimum Gasteiger partial charge on any atom is -0.495 e. The van der Waals surface area contributed by atoms with E-state index in [1.165, 1.54) is 32.1 Å². The molecule has 0 unspecified atom stereocenters. The Kier molecular flexibility index (Phi) is 6.75. The minimum atomic E-state index is -0.333. The van der Waals surface area contributed by atoms with E-state index in [4.69, 9.17) is 28.6 Å². The predicted molar refractivity (Wildman–Crippen MR) is 119 cm³/mol. The zero-order valence-corrected chi connectivity index (χ0v) is 17.6. The lowest BCUT2D eigenvalue weighted by atomic mass is 10.0. The van der Waals surface area contributed by atoms with Crippen LogP contribution < -0.4 is 20.3 Å². The summed E-state index contributed by atoms with van der Waals surface area (Å²) in [6, 6.07) is 13.5. The van der Waals surface area contributed by atoms with Gasteiger partial charge in [-0.15, -0.1) is 0 Å². The van der Waals surface area contributed by atoms with Crippen molar-refractivity contribution in [1.82, 2.24) is 5.32 Å².